The van der Waals surface area contributed by atoms with Crippen LogP contribution in [-0.4, -0.2) is 38.8 Å². The Morgan fingerprint density at radius 2 is 1.90 bits per heavy atom. The Labute approximate surface area is 174 Å². The fourth-order valence-corrected chi connectivity index (χ4v) is 3.31. The molecule has 0 spiro atoms. The molecule has 0 aliphatic carbocycles. The summed E-state index contributed by atoms with van der Waals surface area (Å²) in [5.41, 5.74) is 3.73. The van der Waals surface area contributed by atoms with Gasteiger partial charge in [-0.3, -0.25) is 14.9 Å². The van der Waals surface area contributed by atoms with E-state index >= 15 is 0 Å². The fraction of sp³-hybridized carbons (Fsp3) is 0.174. The molecule has 0 saturated carbocycles. The van der Waals surface area contributed by atoms with Gasteiger partial charge in [-0.05, 0) is 31.3 Å². The van der Waals surface area contributed by atoms with Gasteiger partial charge in [-0.15, -0.1) is 0 Å². The smallest absolute Gasteiger partial charge is 0.136 e. The number of nitrogens with zero attached hydrogens (tertiary/aromatic N) is 5. The molecule has 0 aliphatic heterocycles. The topological polar surface area (TPSA) is 56.1 Å². The first-order chi connectivity index (χ1) is 14.6. The van der Waals surface area contributed by atoms with Crippen molar-refractivity contribution in [2.45, 2.75) is 13.1 Å². The lowest BCUT2D eigenvalue weighted by Crippen LogP contribution is -2.18. The molecule has 0 radical (unpaired) electrons. The number of methoxy groups -OCH3 is 1. The molecule has 0 aliphatic rings. The Morgan fingerprint density at radius 3 is 2.60 bits per heavy atom. The quantitative estimate of drug-likeness (QED) is 0.465. The normalized spacial score (nSPS) is 11.1. The second-order valence-corrected chi connectivity index (χ2v) is 7.00. The molecule has 2 heterocycles. The molecule has 0 amide bonds. The van der Waals surface area contributed by atoms with E-state index in [1.165, 1.54) is 13.2 Å². The molecule has 0 atom stereocenters. The molecule has 4 aromatic rings. The number of rotatable bonds is 7. The van der Waals surface area contributed by atoms with Crippen molar-refractivity contribution in [2.75, 3.05) is 14.2 Å². The van der Waals surface area contributed by atoms with Crippen molar-refractivity contribution in [3.8, 4) is 22.7 Å². The molecule has 2 aromatic carbocycles. The van der Waals surface area contributed by atoms with Crippen LogP contribution in [0, 0.1) is 5.82 Å². The minimum atomic E-state index is -0.370. The van der Waals surface area contributed by atoms with Crippen molar-refractivity contribution >= 4 is 0 Å². The minimum Gasteiger partial charge on any atom is -0.497 e. The summed E-state index contributed by atoms with van der Waals surface area (Å²) in [5.74, 6) is 0.102. The van der Waals surface area contributed by atoms with Crippen molar-refractivity contribution in [2.24, 2.45) is 0 Å². The third kappa shape index (κ3) is 4.36. The standard InChI is InChI=1S/C23H22FN5O/c1-28(16-18-13-25-10-11-26-18)14-17-15-29(19-6-4-3-5-7-19)27-23(17)21-9-8-20(30-2)12-22(21)24/h3-13,15H,14,16H2,1-2H3. The van der Waals surface area contributed by atoms with Gasteiger partial charge in [0.15, 0.2) is 0 Å². The van der Waals surface area contributed by atoms with Crippen LogP contribution in [0.5, 0.6) is 5.75 Å². The molecular formula is C23H22FN5O. The Bertz CT molecular complexity index is 1120. The summed E-state index contributed by atoms with van der Waals surface area (Å²) in [6.45, 7) is 1.19. The van der Waals surface area contributed by atoms with Crippen LogP contribution in [0.1, 0.15) is 11.3 Å². The predicted molar refractivity (Wildman–Crippen MR) is 113 cm³/mol. The maximum absolute atomic E-state index is 14.8. The van der Waals surface area contributed by atoms with Gasteiger partial charge >= 0.3 is 0 Å². The lowest BCUT2D eigenvalue weighted by molar-refractivity contribution is 0.315. The number of aromatic nitrogens is 4. The summed E-state index contributed by atoms with van der Waals surface area (Å²) in [6.07, 6.45) is 7.02. The Kier molecular flexibility index (Phi) is 5.81. The zero-order chi connectivity index (χ0) is 20.9. The number of ether oxygens (including phenoxy) is 1. The number of benzene rings is 2. The van der Waals surface area contributed by atoms with E-state index in [1.807, 2.05) is 43.6 Å². The van der Waals surface area contributed by atoms with E-state index in [1.54, 1.807) is 35.4 Å². The molecule has 6 nitrogen and oxygen atoms in total. The van der Waals surface area contributed by atoms with Gasteiger partial charge in [-0.2, -0.15) is 5.10 Å². The SMILES string of the molecule is COc1ccc(-c2nn(-c3ccccc3)cc2CN(C)Cc2cnccn2)c(F)c1. The Hall–Kier alpha value is -3.58. The second kappa shape index (κ2) is 8.84. The highest BCUT2D eigenvalue weighted by molar-refractivity contribution is 5.65. The highest BCUT2D eigenvalue weighted by Crippen LogP contribution is 2.29. The van der Waals surface area contributed by atoms with E-state index in [4.69, 9.17) is 9.84 Å². The fourth-order valence-electron chi connectivity index (χ4n) is 3.31. The summed E-state index contributed by atoms with van der Waals surface area (Å²) in [6, 6.07) is 14.6. The van der Waals surface area contributed by atoms with Crippen LogP contribution in [0.3, 0.4) is 0 Å². The molecule has 0 unspecified atom stereocenters. The zero-order valence-corrected chi connectivity index (χ0v) is 16.9. The minimum absolute atomic E-state index is 0.370. The van der Waals surface area contributed by atoms with Crippen molar-refractivity contribution in [3.05, 3.63) is 90.4 Å². The maximum Gasteiger partial charge on any atom is 0.136 e. The molecule has 7 heteroatoms. The van der Waals surface area contributed by atoms with Crippen molar-refractivity contribution in [1.29, 1.82) is 0 Å². The van der Waals surface area contributed by atoms with Gasteiger partial charge < -0.3 is 4.74 Å². The molecule has 30 heavy (non-hydrogen) atoms. The molecular weight excluding hydrogens is 381 g/mol. The van der Waals surface area contributed by atoms with Crippen molar-refractivity contribution < 1.29 is 9.13 Å². The highest BCUT2D eigenvalue weighted by Gasteiger charge is 2.18. The summed E-state index contributed by atoms with van der Waals surface area (Å²) in [5, 5.41) is 4.71. The molecule has 0 bridgehead atoms. The van der Waals surface area contributed by atoms with E-state index in [9.17, 15) is 4.39 Å². The van der Waals surface area contributed by atoms with Crippen LogP contribution < -0.4 is 4.74 Å². The molecule has 152 valence electrons. The van der Waals surface area contributed by atoms with Gasteiger partial charge in [0.1, 0.15) is 17.3 Å². The van der Waals surface area contributed by atoms with Crippen LogP contribution in [-0.2, 0) is 13.1 Å². The average molecular weight is 403 g/mol. The summed E-state index contributed by atoms with van der Waals surface area (Å²) in [7, 11) is 3.51. The Morgan fingerprint density at radius 1 is 1.07 bits per heavy atom. The average Bonchev–Trinajstić information content (AvgIpc) is 3.18. The van der Waals surface area contributed by atoms with E-state index in [2.05, 4.69) is 14.9 Å². The van der Waals surface area contributed by atoms with Gasteiger partial charge in [0.2, 0.25) is 0 Å². The summed E-state index contributed by atoms with van der Waals surface area (Å²) >= 11 is 0. The van der Waals surface area contributed by atoms with Crippen LogP contribution in [0.25, 0.3) is 16.9 Å². The lowest BCUT2D eigenvalue weighted by atomic mass is 10.1. The summed E-state index contributed by atoms with van der Waals surface area (Å²) < 4.78 is 21.8. The third-order valence-corrected chi connectivity index (χ3v) is 4.73. The van der Waals surface area contributed by atoms with E-state index in [-0.39, 0.29) is 5.82 Å². The monoisotopic (exact) mass is 403 g/mol. The Balaban J connectivity index is 1.70. The highest BCUT2D eigenvalue weighted by atomic mass is 19.1. The van der Waals surface area contributed by atoms with Gasteiger partial charge in [0.25, 0.3) is 0 Å². The second-order valence-electron chi connectivity index (χ2n) is 7.00. The van der Waals surface area contributed by atoms with E-state index < -0.39 is 0 Å². The van der Waals surface area contributed by atoms with Crippen molar-refractivity contribution in [3.63, 3.8) is 0 Å². The maximum atomic E-state index is 14.8. The van der Waals surface area contributed by atoms with Crippen LogP contribution in [0.4, 0.5) is 4.39 Å². The molecule has 4 rings (SSSR count). The van der Waals surface area contributed by atoms with Crippen LogP contribution >= 0.6 is 0 Å². The number of hydrogen-bond donors (Lipinski definition) is 0. The molecule has 2 aromatic heterocycles. The van der Waals surface area contributed by atoms with Gasteiger partial charge in [0, 0.05) is 55.1 Å². The third-order valence-electron chi connectivity index (χ3n) is 4.73. The largest absolute Gasteiger partial charge is 0.497 e. The van der Waals surface area contributed by atoms with Gasteiger partial charge in [-0.1, -0.05) is 18.2 Å². The first kappa shape index (κ1) is 19.7. The number of para-hydroxylation sites is 1. The number of hydrogen-bond acceptors (Lipinski definition) is 5. The van der Waals surface area contributed by atoms with Crippen LogP contribution in [0.15, 0.2) is 73.3 Å². The zero-order valence-electron chi connectivity index (χ0n) is 16.9. The summed E-state index contributed by atoms with van der Waals surface area (Å²) in [4.78, 5) is 10.5. The molecule has 0 saturated heterocycles. The van der Waals surface area contributed by atoms with Crippen LogP contribution in [0.2, 0.25) is 0 Å². The first-order valence-electron chi connectivity index (χ1n) is 9.55. The molecule has 0 fully saturated rings. The predicted octanol–water partition coefficient (Wildman–Crippen LogP) is 4.11. The lowest BCUT2D eigenvalue weighted by Gasteiger charge is -2.16. The van der Waals surface area contributed by atoms with E-state index in [0.29, 0.717) is 30.1 Å². The van der Waals surface area contributed by atoms with E-state index in [0.717, 1.165) is 16.9 Å². The number of halogens is 1. The molecule has 0 N–H and O–H groups in total. The van der Waals surface area contributed by atoms with Crippen molar-refractivity contribution in [1.82, 2.24) is 24.6 Å². The van der Waals surface area contributed by atoms with Gasteiger partial charge in [-0.25, -0.2) is 9.07 Å². The van der Waals surface area contributed by atoms with Gasteiger partial charge in [0.05, 0.1) is 18.5 Å². The first-order valence-corrected chi connectivity index (χ1v) is 9.55.